The highest BCUT2D eigenvalue weighted by molar-refractivity contribution is 5.25. The Balaban J connectivity index is 1.22. The van der Waals surface area contributed by atoms with Crippen molar-refractivity contribution < 1.29 is 5.11 Å². The Morgan fingerprint density at radius 2 is 1.55 bits per heavy atom. The van der Waals surface area contributed by atoms with Gasteiger partial charge in [0.1, 0.15) is 11.6 Å². The van der Waals surface area contributed by atoms with E-state index in [1.165, 1.54) is 36.8 Å². The van der Waals surface area contributed by atoms with E-state index in [-0.39, 0.29) is 5.75 Å². The maximum atomic E-state index is 9.79. The van der Waals surface area contributed by atoms with Gasteiger partial charge >= 0.3 is 0 Å². The molecule has 2 atom stereocenters. The number of pyridine rings is 1. The van der Waals surface area contributed by atoms with Crippen molar-refractivity contribution in [3.05, 3.63) is 77.6 Å². The molecule has 2 unspecified atom stereocenters. The van der Waals surface area contributed by atoms with Gasteiger partial charge in [0.25, 0.3) is 0 Å². The van der Waals surface area contributed by atoms with E-state index in [9.17, 15) is 5.11 Å². The summed E-state index contributed by atoms with van der Waals surface area (Å²) in [6.45, 7) is 2.95. The van der Waals surface area contributed by atoms with Crippen LogP contribution in [0.2, 0.25) is 0 Å². The molecule has 1 fully saturated rings. The van der Waals surface area contributed by atoms with Crippen molar-refractivity contribution in [2.75, 3.05) is 0 Å². The van der Waals surface area contributed by atoms with E-state index in [4.69, 9.17) is 0 Å². The Hall–Kier alpha value is -2.74. The summed E-state index contributed by atoms with van der Waals surface area (Å²) in [5.41, 5.74) is 3.18. The molecule has 1 saturated carbocycles. The molecule has 0 spiro atoms. The van der Waals surface area contributed by atoms with Crippen LogP contribution in [0.15, 0.2) is 55.0 Å². The molecular weight excluding hydrogens is 388 g/mol. The number of rotatable bonds is 10. The lowest BCUT2D eigenvalue weighted by Gasteiger charge is -2.33. The van der Waals surface area contributed by atoms with Gasteiger partial charge in [-0.05, 0) is 36.1 Å². The highest BCUT2D eigenvalue weighted by Crippen LogP contribution is 2.19. The van der Waals surface area contributed by atoms with Crippen molar-refractivity contribution in [1.29, 1.82) is 0 Å². The molecule has 7 nitrogen and oxygen atoms in total. The SMILES string of the molecule is Oc1cccnc1CNCc1ccc(CNC2CCCCC2NCc2ncc[nH]2)cc1. The minimum absolute atomic E-state index is 0.232. The van der Waals surface area contributed by atoms with Crippen molar-refractivity contribution in [2.24, 2.45) is 0 Å². The van der Waals surface area contributed by atoms with Gasteiger partial charge in [0.15, 0.2) is 0 Å². The van der Waals surface area contributed by atoms with Gasteiger partial charge in [0.2, 0.25) is 0 Å². The molecule has 7 heteroatoms. The molecule has 0 saturated heterocycles. The average Bonchev–Trinajstić information content (AvgIpc) is 3.33. The molecule has 4 rings (SSSR count). The summed E-state index contributed by atoms with van der Waals surface area (Å²) < 4.78 is 0. The number of hydrogen-bond acceptors (Lipinski definition) is 6. The number of aromatic hydroxyl groups is 1. The second kappa shape index (κ2) is 11.0. The Morgan fingerprint density at radius 1 is 0.839 bits per heavy atom. The van der Waals surface area contributed by atoms with Crippen molar-refractivity contribution in [2.45, 2.75) is 63.9 Å². The van der Waals surface area contributed by atoms with Gasteiger partial charge in [-0.3, -0.25) is 4.98 Å². The fraction of sp³-hybridized carbons (Fsp3) is 0.417. The first-order valence-electron chi connectivity index (χ1n) is 11.1. The molecule has 0 radical (unpaired) electrons. The normalized spacial score (nSPS) is 18.8. The summed E-state index contributed by atoms with van der Waals surface area (Å²) in [6, 6.07) is 13.1. The molecule has 2 heterocycles. The molecule has 1 aromatic carbocycles. The predicted octanol–water partition coefficient (Wildman–Crippen LogP) is 2.99. The summed E-state index contributed by atoms with van der Waals surface area (Å²) in [6.07, 6.45) is 10.3. The second-order valence-electron chi connectivity index (χ2n) is 8.18. The van der Waals surface area contributed by atoms with Crippen molar-refractivity contribution in [3.8, 4) is 5.75 Å². The summed E-state index contributed by atoms with van der Waals surface area (Å²) in [5, 5.41) is 20.6. The Labute approximate surface area is 183 Å². The van der Waals surface area contributed by atoms with Crippen LogP contribution in [0.4, 0.5) is 0 Å². The van der Waals surface area contributed by atoms with Crippen molar-refractivity contribution in [1.82, 2.24) is 30.9 Å². The topological polar surface area (TPSA) is 97.9 Å². The number of benzene rings is 1. The van der Waals surface area contributed by atoms with E-state index in [2.05, 4.69) is 55.2 Å². The minimum Gasteiger partial charge on any atom is -0.506 e. The Morgan fingerprint density at radius 3 is 2.23 bits per heavy atom. The van der Waals surface area contributed by atoms with Gasteiger partial charge in [-0.1, -0.05) is 37.1 Å². The molecule has 31 heavy (non-hydrogen) atoms. The Kier molecular flexibility index (Phi) is 7.65. The van der Waals surface area contributed by atoms with E-state index in [0.717, 1.165) is 25.5 Å². The number of imidazole rings is 1. The lowest BCUT2D eigenvalue weighted by atomic mass is 9.90. The first-order valence-corrected chi connectivity index (χ1v) is 11.1. The largest absolute Gasteiger partial charge is 0.506 e. The monoisotopic (exact) mass is 420 g/mol. The number of nitrogens with one attached hydrogen (secondary N) is 4. The molecule has 1 aliphatic carbocycles. The van der Waals surface area contributed by atoms with E-state index >= 15 is 0 Å². The van der Waals surface area contributed by atoms with Gasteiger partial charge in [0.05, 0.1) is 12.2 Å². The van der Waals surface area contributed by atoms with Crippen LogP contribution in [0.5, 0.6) is 5.75 Å². The lowest BCUT2D eigenvalue weighted by molar-refractivity contribution is 0.280. The van der Waals surface area contributed by atoms with E-state index in [1.807, 2.05) is 6.20 Å². The molecule has 0 bridgehead atoms. The molecule has 1 aliphatic rings. The predicted molar refractivity (Wildman–Crippen MR) is 121 cm³/mol. The van der Waals surface area contributed by atoms with Crippen LogP contribution in [0.1, 0.15) is 48.3 Å². The summed E-state index contributed by atoms with van der Waals surface area (Å²) in [4.78, 5) is 11.7. The average molecular weight is 421 g/mol. The van der Waals surface area contributed by atoms with Gasteiger partial charge in [-0.25, -0.2) is 4.98 Å². The van der Waals surface area contributed by atoms with Crippen LogP contribution >= 0.6 is 0 Å². The zero-order valence-electron chi connectivity index (χ0n) is 17.8. The smallest absolute Gasteiger partial charge is 0.138 e. The molecule has 2 aromatic heterocycles. The van der Waals surface area contributed by atoms with Crippen LogP contribution in [0.25, 0.3) is 0 Å². The van der Waals surface area contributed by atoms with Gasteiger partial charge in [0, 0.05) is 50.3 Å². The molecule has 5 N–H and O–H groups in total. The van der Waals surface area contributed by atoms with Crippen LogP contribution in [0.3, 0.4) is 0 Å². The van der Waals surface area contributed by atoms with Crippen LogP contribution in [-0.2, 0) is 26.2 Å². The number of H-pyrrole nitrogens is 1. The molecular formula is C24H32N6O. The second-order valence-corrected chi connectivity index (χ2v) is 8.18. The van der Waals surface area contributed by atoms with Crippen LogP contribution < -0.4 is 16.0 Å². The number of aromatic nitrogens is 3. The van der Waals surface area contributed by atoms with Crippen molar-refractivity contribution >= 4 is 0 Å². The third-order valence-electron chi connectivity index (χ3n) is 5.93. The lowest BCUT2D eigenvalue weighted by Crippen LogP contribution is -2.49. The molecule has 3 aromatic rings. The number of aromatic amines is 1. The summed E-state index contributed by atoms with van der Waals surface area (Å²) in [7, 11) is 0. The minimum atomic E-state index is 0.232. The van der Waals surface area contributed by atoms with Gasteiger partial charge < -0.3 is 26.0 Å². The van der Waals surface area contributed by atoms with Crippen LogP contribution in [-0.4, -0.2) is 32.1 Å². The third kappa shape index (κ3) is 6.37. The Bertz CT molecular complexity index is 912. The fourth-order valence-corrected chi connectivity index (χ4v) is 4.16. The first kappa shape index (κ1) is 21.5. The molecule has 164 valence electrons. The molecule has 0 amide bonds. The maximum Gasteiger partial charge on any atom is 0.138 e. The third-order valence-corrected chi connectivity index (χ3v) is 5.93. The first-order chi connectivity index (χ1) is 15.3. The maximum absolute atomic E-state index is 9.79. The zero-order valence-corrected chi connectivity index (χ0v) is 17.8. The summed E-state index contributed by atoms with van der Waals surface area (Å²) in [5.74, 6) is 1.22. The molecule has 0 aliphatic heterocycles. The number of hydrogen-bond donors (Lipinski definition) is 5. The van der Waals surface area contributed by atoms with E-state index < -0.39 is 0 Å². The number of nitrogens with zero attached hydrogens (tertiary/aromatic N) is 2. The van der Waals surface area contributed by atoms with Crippen molar-refractivity contribution in [3.63, 3.8) is 0 Å². The van der Waals surface area contributed by atoms with Crippen LogP contribution in [0, 0.1) is 0 Å². The van der Waals surface area contributed by atoms with Gasteiger partial charge in [-0.15, -0.1) is 0 Å². The fourth-order valence-electron chi connectivity index (χ4n) is 4.16. The van der Waals surface area contributed by atoms with E-state index in [1.54, 1.807) is 24.5 Å². The van der Waals surface area contributed by atoms with E-state index in [0.29, 0.717) is 24.3 Å². The zero-order chi connectivity index (χ0) is 21.3. The quantitative estimate of drug-likeness (QED) is 0.346. The van der Waals surface area contributed by atoms with Gasteiger partial charge in [-0.2, -0.15) is 0 Å². The summed E-state index contributed by atoms with van der Waals surface area (Å²) >= 11 is 0. The highest BCUT2D eigenvalue weighted by atomic mass is 16.3. The highest BCUT2D eigenvalue weighted by Gasteiger charge is 2.24. The standard InChI is InChI=1S/C24H32N6O/c31-23-6-3-11-26-22(23)16-25-14-18-7-9-19(10-8-18)15-29-20-4-1-2-5-21(20)30-17-24-27-12-13-28-24/h3,6-13,20-21,25,29-31H,1-2,4-5,14-17H2,(H,27,28).